The minimum absolute atomic E-state index is 0. The third-order valence-electron chi connectivity index (χ3n) is 23.0. The van der Waals surface area contributed by atoms with Crippen LogP contribution in [0.4, 0.5) is 5.69 Å². The molecule has 0 radical (unpaired) electrons. The fourth-order valence-corrected chi connectivity index (χ4v) is 17.5. The average Bonchev–Trinajstić information content (AvgIpc) is 3.41. The molecule has 1 aromatic rings. The zero-order valence-electron chi connectivity index (χ0n) is 49.2. The second-order valence-electron chi connectivity index (χ2n) is 29.5. The topological polar surface area (TPSA) is 168 Å². The Balaban J connectivity index is 0.000000166. The maximum atomic E-state index is 6.62. The summed E-state index contributed by atoms with van der Waals surface area (Å²) in [5.41, 5.74) is 41.0. The van der Waals surface area contributed by atoms with Crippen molar-refractivity contribution >= 4 is 5.69 Å². The Morgan fingerprint density at radius 1 is 0.368 bits per heavy atom. The van der Waals surface area contributed by atoms with Crippen LogP contribution >= 0.6 is 0 Å². The summed E-state index contributed by atoms with van der Waals surface area (Å²) < 4.78 is 0. The molecule has 0 saturated heterocycles. The molecular weight excluding hydrogens is 927 g/mol. The van der Waals surface area contributed by atoms with Gasteiger partial charge in [0.15, 0.2) is 0 Å². The van der Waals surface area contributed by atoms with Crippen LogP contribution < -0.4 is 39.7 Å². The predicted molar refractivity (Wildman–Crippen MR) is 329 cm³/mol. The Bertz CT molecular complexity index is 1630. The van der Waals surface area contributed by atoms with Crippen LogP contribution in [-0.4, -0.2) is 42.3 Å². The number of hydrogen-bond donors (Lipinski definition) is 7. The molecule has 3 unspecified atom stereocenters. The van der Waals surface area contributed by atoms with E-state index in [1.165, 1.54) is 274 Å². The normalized spacial score (nSPS) is 40.5. The smallest absolute Gasteiger partial charge is 0.0349 e. The van der Waals surface area contributed by atoms with Crippen LogP contribution in [0.25, 0.3) is 0 Å². The summed E-state index contributed by atoms with van der Waals surface area (Å²) in [5, 5.41) is 4.08. The summed E-state index contributed by atoms with van der Waals surface area (Å²) in [4.78, 5) is 0. The standard InChI is InChI=1S/C26H49N3.C21H40N2.C21H34N2.CH4/c27-23-9-1-19(2-10-23)17-21-5-13-25(14-6-21)29-26-15-7-22(8-16-26)18-20-3-11-24(28)12-4-20;2*1-15-2-4-17(5-3-15)13-19-9-6-18(14-21(19)23)12-16-7-10-20(22)11-8-16;/h19-26,29H,1-18,27-28H2;15-21H,2-14,22-23H2,1H3;6,9,14-17,20H,2-5,7-8,10-13,22-23H2,1H3;1H4. The summed E-state index contributed by atoms with van der Waals surface area (Å²) >= 11 is 0. The van der Waals surface area contributed by atoms with Gasteiger partial charge in [-0.1, -0.05) is 78.4 Å². The molecule has 0 spiro atoms. The molecule has 13 N–H and O–H groups in total. The predicted octanol–water partition coefficient (Wildman–Crippen LogP) is 15.7. The van der Waals surface area contributed by atoms with E-state index in [0.29, 0.717) is 30.2 Å². The first kappa shape index (κ1) is 62.4. The van der Waals surface area contributed by atoms with Crippen molar-refractivity contribution < 1.29 is 0 Å². The van der Waals surface area contributed by atoms with Gasteiger partial charge < -0.3 is 39.7 Å². The molecule has 0 amide bonds. The van der Waals surface area contributed by atoms with Gasteiger partial charge in [0.1, 0.15) is 0 Å². The summed E-state index contributed by atoms with van der Waals surface area (Å²) in [6.45, 7) is 4.81. The third kappa shape index (κ3) is 21.3. The molecule has 9 aliphatic rings. The van der Waals surface area contributed by atoms with Crippen molar-refractivity contribution in [2.75, 3.05) is 5.73 Å². The van der Waals surface area contributed by atoms with Crippen molar-refractivity contribution in [3.8, 4) is 0 Å². The van der Waals surface area contributed by atoms with Crippen LogP contribution in [0.5, 0.6) is 0 Å². The lowest BCUT2D eigenvalue weighted by molar-refractivity contribution is 0.153. The second kappa shape index (κ2) is 32.4. The molecule has 9 aliphatic carbocycles. The first-order valence-corrected chi connectivity index (χ1v) is 33.7. The van der Waals surface area contributed by atoms with Crippen LogP contribution in [0.3, 0.4) is 0 Å². The molecule has 9 fully saturated rings. The van der Waals surface area contributed by atoms with Crippen LogP contribution in [0, 0.1) is 71.0 Å². The first-order chi connectivity index (χ1) is 36.3. The van der Waals surface area contributed by atoms with E-state index in [2.05, 4.69) is 37.4 Å². The van der Waals surface area contributed by atoms with E-state index in [1.807, 2.05) is 0 Å². The van der Waals surface area contributed by atoms with Crippen molar-refractivity contribution in [1.29, 1.82) is 0 Å². The molecule has 0 aliphatic heterocycles. The fraction of sp³-hybridized carbons (Fsp3) is 0.913. The number of nitrogen functional groups attached to an aromatic ring is 1. The Labute approximate surface area is 470 Å². The number of anilines is 1. The number of hydrogen-bond acceptors (Lipinski definition) is 7. The van der Waals surface area contributed by atoms with Gasteiger partial charge in [-0.2, -0.15) is 0 Å². The second-order valence-corrected chi connectivity index (χ2v) is 29.5. The van der Waals surface area contributed by atoms with Crippen molar-refractivity contribution in [3.63, 3.8) is 0 Å². The van der Waals surface area contributed by atoms with Crippen LogP contribution in [0.1, 0.15) is 283 Å². The lowest BCUT2D eigenvalue weighted by Crippen LogP contribution is -2.42. The van der Waals surface area contributed by atoms with E-state index in [1.54, 1.807) is 0 Å². The Morgan fingerprint density at radius 3 is 1.11 bits per heavy atom. The number of benzene rings is 1. The number of nitrogens with one attached hydrogen (secondary N) is 1. The van der Waals surface area contributed by atoms with Gasteiger partial charge in [-0.3, -0.25) is 0 Å². The van der Waals surface area contributed by atoms with Crippen LogP contribution in [0.15, 0.2) is 18.2 Å². The molecule has 3 atom stereocenters. The van der Waals surface area contributed by atoms with Gasteiger partial charge in [-0.25, -0.2) is 0 Å². The Morgan fingerprint density at radius 2 is 0.697 bits per heavy atom. The van der Waals surface area contributed by atoms with E-state index < -0.39 is 0 Å². The minimum Gasteiger partial charge on any atom is -0.398 e. The van der Waals surface area contributed by atoms with E-state index in [-0.39, 0.29) is 7.43 Å². The molecule has 76 heavy (non-hydrogen) atoms. The monoisotopic (exact) mass is 1050 g/mol. The average molecular weight is 1050 g/mol. The molecule has 0 bridgehead atoms. The third-order valence-corrected chi connectivity index (χ3v) is 23.0. The zero-order chi connectivity index (χ0) is 52.5. The molecule has 0 heterocycles. The summed E-state index contributed by atoms with van der Waals surface area (Å²) in [6, 6.07) is 10.9. The molecule has 438 valence electrons. The largest absolute Gasteiger partial charge is 0.398 e. The van der Waals surface area contributed by atoms with Gasteiger partial charge in [-0.05, 0) is 307 Å². The Kier molecular flexibility index (Phi) is 26.6. The summed E-state index contributed by atoms with van der Waals surface area (Å²) in [7, 11) is 0. The molecular formula is C69H127N7. The van der Waals surface area contributed by atoms with Gasteiger partial charge in [-0.15, -0.1) is 0 Å². The minimum atomic E-state index is 0. The van der Waals surface area contributed by atoms with E-state index in [0.717, 1.165) is 88.8 Å². The van der Waals surface area contributed by atoms with Crippen molar-refractivity contribution in [1.82, 2.24) is 5.32 Å². The van der Waals surface area contributed by atoms with Crippen molar-refractivity contribution in [3.05, 3.63) is 29.3 Å². The summed E-state index contributed by atoms with van der Waals surface area (Å²) in [5.74, 6) is 11.2. The van der Waals surface area contributed by atoms with Gasteiger partial charge in [0, 0.05) is 48.0 Å². The lowest BCUT2D eigenvalue weighted by atomic mass is 9.69. The number of nitrogens with two attached hydrogens (primary N) is 6. The lowest BCUT2D eigenvalue weighted by Gasteiger charge is -2.39. The molecule has 7 nitrogen and oxygen atoms in total. The molecule has 0 aromatic heterocycles. The SMILES string of the molecule is C.CC1CCC(CC2CCC(CC3CCC(N)CC3)CC2N)CC1.CC1CCC(Cc2ccc(CC3CCC(N)CC3)cc2N)CC1.NC1CCC(CC2CCC(NC3CCC(CC4CCC(N)CC4)CC3)CC2)CC1. The van der Waals surface area contributed by atoms with Gasteiger partial charge in [0.2, 0.25) is 0 Å². The van der Waals surface area contributed by atoms with E-state index >= 15 is 0 Å². The number of rotatable bonds is 14. The van der Waals surface area contributed by atoms with Crippen molar-refractivity contribution in [2.45, 2.75) is 327 Å². The molecule has 7 heteroatoms. The van der Waals surface area contributed by atoms with Crippen LogP contribution in [0.2, 0.25) is 0 Å². The van der Waals surface area contributed by atoms with Crippen LogP contribution in [-0.2, 0) is 12.8 Å². The Hall–Kier alpha value is -1.22. The van der Waals surface area contributed by atoms with Gasteiger partial charge in [0.25, 0.3) is 0 Å². The fourth-order valence-electron chi connectivity index (χ4n) is 17.5. The highest BCUT2D eigenvalue weighted by molar-refractivity contribution is 5.49. The maximum Gasteiger partial charge on any atom is 0.0349 e. The highest BCUT2D eigenvalue weighted by atomic mass is 15.0. The van der Waals surface area contributed by atoms with E-state index in [4.69, 9.17) is 34.4 Å². The van der Waals surface area contributed by atoms with Gasteiger partial charge in [0.05, 0.1) is 0 Å². The van der Waals surface area contributed by atoms with E-state index in [9.17, 15) is 0 Å². The molecule has 10 rings (SSSR count). The molecule has 9 saturated carbocycles. The highest BCUT2D eigenvalue weighted by Crippen LogP contribution is 2.42. The quantitative estimate of drug-likeness (QED) is 0.0910. The van der Waals surface area contributed by atoms with Gasteiger partial charge >= 0.3 is 0 Å². The highest BCUT2D eigenvalue weighted by Gasteiger charge is 2.34. The zero-order valence-corrected chi connectivity index (χ0v) is 49.2. The summed E-state index contributed by atoms with van der Waals surface area (Å²) in [6.07, 6.45) is 56.3. The maximum absolute atomic E-state index is 6.62. The van der Waals surface area contributed by atoms with Crippen molar-refractivity contribution in [2.24, 2.45) is 99.7 Å². The molecule has 1 aromatic carbocycles. The first-order valence-electron chi connectivity index (χ1n) is 33.7.